The first kappa shape index (κ1) is 8.75. The van der Waals surface area contributed by atoms with Crippen LogP contribution in [0.15, 0.2) is 12.7 Å². The van der Waals surface area contributed by atoms with Gasteiger partial charge in [0.1, 0.15) is 0 Å². The molecule has 2 nitrogen and oxygen atoms in total. The Labute approximate surface area is 68.4 Å². The van der Waals surface area contributed by atoms with Gasteiger partial charge in [0.05, 0.1) is 6.10 Å². The minimum Gasteiger partial charge on any atom is -0.376 e. The topological polar surface area (TPSA) is 35.2 Å². The largest absolute Gasteiger partial charge is 0.376 e. The zero-order chi connectivity index (χ0) is 8.32. The van der Waals surface area contributed by atoms with Gasteiger partial charge in [-0.1, -0.05) is 6.08 Å². The van der Waals surface area contributed by atoms with Gasteiger partial charge in [0, 0.05) is 12.1 Å². The zero-order valence-electron chi connectivity index (χ0n) is 7.18. The van der Waals surface area contributed by atoms with Crippen LogP contribution in [0, 0.1) is 0 Å². The van der Waals surface area contributed by atoms with Crippen molar-refractivity contribution in [2.45, 2.75) is 37.8 Å². The standard InChI is InChI=1S/C9H17NO/c1-3-6-9(2,10)8-5-4-7-11-8/h3,8H,1,4-7,10H2,2H3. The Morgan fingerprint density at radius 3 is 3.00 bits per heavy atom. The summed E-state index contributed by atoms with van der Waals surface area (Å²) in [5.74, 6) is 0. The lowest BCUT2D eigenvalue weighted by atomic mass is 9.90. The first-order valence-corrected chi connectivity index (χ1v) is 4.18. The molecule has 0 aromatic heterocycles. The van der Waals surface area contributed by atoms with Crippen molar-refractivity contribution < 1.29 is 4.74 Å². The first-order chi connectivity index (χ1) is 5.17. The smallest absolute Gasteiger partial charge is 0.0755 e. The van der Waals surface area contributed by atoms with Gasteiger partial charge in [0.25, 0.3) is 0 Å². The average Bonchev–Trinajstić information content (AvgIpc) is 2.37. The lowest BCUT2D eigenvalue weighted by molar-refractivity contribution is 0.0544. The third-order valence-electron chi connectivity index (χ3n) is 2.25. The van der Waals surface area contributed by atoms with Gasteiger partial charge in [-0.2, -0.15) is 0 Å². The van der Waals surface area contributed by atoms with Gasteiger partial charge in [-0.3, -0.25) is 0 Å². The van der Waals surface area contributed by atoms with Gasteiger partial charge in [0.15, 0.2) is 0 Å². The molecule has 0 spiro atoms. The summed E-state index contributed by atoms with van der Waals surface area (Å²) in [7, 11) is 0. The lowest BCUT2D eigenvalue weighted by Crippen LogP contribution is -2.47. The molecule has 0 radical (unpaired) electrons. The Balaban J connectivity index is 2.47. The van der Waals surface area contributed by atoms with E-state index in [0.29, 0.717) is 0 Å². The third-order valence-corrected chi connectivity index (χ3v) is 2.25. The number of ether oxygens (including phenoxy) is 1. The molecule has 1 saturated heterocycles. The van der Waals surface area contributed by atoms with Crippen molar-refractivity contribution in [2.24, 2.45) is 5.73 Å². The highest BCUT2D eigenvalue weighted by atomic mass is 16.5. The van der Waals surface area contributed by atoms with Gasteiger partial charge < -0.3 is 10.5 Å². The summed E-state index contributed by atoms with van der Waals surface area (Å²) in [4.78, 5) is 0. The summed E-state index contributed by atoms with van der Waals surface area (Å²) in [6.07, 6.45) is 5.18. The van der Waals surface area contributed by atoms with Crippen LogP contribution in [0.1, 0.15) is 26.2 Å². The highest BCUT2D eigenvalue weighted by Gasteiger charge is 2.32. The molecule has 0 amide bonds. The lowest BCUT2D eigenvalue weighted by Gasteiger charge is -2.29. The Bertz CT molecular complexity index is 136. The predicted octanol–water partition coefficient (Wildman–Crippen LogP) is 1.46. The molecule has 0 bridgehead atoms. The summed E-state index contributed by atoms with van der Waals surface area (Å²) in [6, 6.07) is 0. The summed E-state index contributed by atoms with van der Waals surface area (Å²) in [6.45, 7) is 6.58. The molecule has 2 atom stereocenters. The first-order valence-electron chi connectivity index (χ1n) is 4.18. The van der Waals surface area contributed by atoms with Crippen LogP contribution in [-0.4, -0.2) is 18.2 Å². The van der Waals surface area contributed by atoms with E-state index in [4.69, 9.17) is 10.5 Å². The van der Waals surface area contributed by atoms with Crippen LogP contribution in [0.2, 0.25) is 0 Å². The van der Waals surface area contributed by atoms with Crippen LogP contribution in [0.3, 0.4) is 0 Å². The fraction of sp³-hybridized carbons (Fsp3) is 0.778. The highest BCUT2D eigenvalue weighted by Crippen LogP contribution is 2.24. The number of hydrogen-bond donors (Lipinski definition) is 1. The molecule has 1 heterocycles. The summed E-state index contributed by atoms with van der Waals surface area (Å²) < 4.78 is 5.50. The van der Waals surface area contributed by atoms with Crippen molar-refractivity contribution in [3.8, 4) is 0 Å². The van der Waals surface area contributed by atoms with Crippen LogP contribution in [-0.2, 0) is 4.74 Å². The third kappa shape index (κ3) is 2.04. The van der Waals surface area contributed by atoms with E-state index in [1.807, 2.05) is 13.0 Å². The summed E-state index contributed by atoms with van der Waals surface area (Å²) in [5, 5.41) is 0. The Morgan fingerprint density at radius 1 is 1.82 bits per heavy atom. The molecule has 0 saturated carbocycles. The van der Waals surface area contributed by atoms with Gasteiger partial charge in [-0.05, 0) is 26.2 Å². The molecule has 0 aromatic rings. The van der Waals surface area contributed by atoms with E-state index in [-0.39, 0.29) is 11.6 Å². The molecule has 2 heteroatoms. The van der Waals surface area contributed by atoms with E-state index >= 15 is 0 Å². The fourth-order valence-electron chi connectivity index (χ4n) is 1.54. The molecular weight excluding hydrogens is 138 g/mol. The minimum absolute atomic E-state index is 0.210. The van der Waals surface area contributed by atoms with Crippen molar-refractivity contribution in [1.82, 2.24) is 0 Å². The molecule has 11 heavy (non-hydrogen) atoms. The average molecular weight is 155 g/mol. The van der Waals surface area contributed by atoms with Crippen molar-refractivity contribution >= 4 is 0 Å². The fourth-order valence-corrected chi connectivity index (χ4v) is 1.54. The second-order valence-corrected chi connectivity index (χ2v) is 3.50. The second-order valence-electron chi connectivity index (χ2n) is 3.50. The Kier molecular flexibility index (Phi) is 2.68. The minimum atomic E-state index is -0.210. The molecule has 0 aliphatic carbocycles. The number of nitrogens with two attached hydrogens (primary N) is 1. The maximum Gasteiger partial charge on any atom is 0.0755 e. The summed E-state index contributed by atoms with van der Waals surface area (Å²) in [5.41, 5.74) is 5.83. The zero-order valence-corrected chi connectivity index (χ0v) is 7.18. The maximum atomic E-state index is 6.04. The van der Waals surface area contributed by atoms with E-state index < -0.39 is 0 Å². The Morgan fingerprint density at radius 2 is 2.55 bits per heavy atom. The van der Waals surface area contributed by atoms with Gasteiger partial charge in [-0.25, -0.2) is 0 Å². The van der Waals surface area contributed by atoms with Crippen LogP contribution >= 0.6 is 0 Å². The molecule has 64 valence electrons. The van der Waals surface area contributed by atoms with Crippen LogP contribution < -0.4 is 5.73 Å². The van der Waals surface area contributed by atoms with Crippen LogP contribution in [0.4, 0.5) is 0 Å². The van der Waals surface area contributed by atoms with Crippen LogP contribution in [0.25, 0.3) is 0 Å². The van der Waals surface area contributed by atoms with E-state index in [1.165, 1.54) is 0 Å². The van der Waals surface area contributed by atoms with Crippen molar-refractivity contribution in [3.63, 3.8) is 0 Å². The molecule has 1 aliphatic rings. The van der Waals surface area contributed by atoms with Crippen molar-refractivity contribution in [2.75, 3.05) is 6.61 Å². The van der Waals surface area contributed by atoms with E-state index in [1.54, 1.807) is 0 Å². The van der Waals surface area contributed by atoms with E-state index in [0.717, 1.165) is 25.9 Å². The monoisotopic (exact) mass is 155 g/mol. The molecule has 2 unspecified atom stereocenters. The quantitative estimate of drug-likeness (QED) is 0.626. The molecule has 2 N–H and O–H groups in total. The van der Waals surface area contributed by atoms with Crippen molar-refractivity contribution in [1.29, 1.82) is 0 Å². The molecule has 1 fully saturated rings. The van der Waals surface area contributed by atoms with Gasteiger partial charge in [-0.15, -0.1) is 6.58 Å². The second kappa shape index (κ2) is 3.37. The number of hydrogen-bond acceptors (Lipinski definition) is 2. The van der Waals surface area contributed by atoms with Gasteiger partial charge in [0.2, 0.25) is 0 Å². The van der Waals surface area contributed by atoms with Gasteiger partial charge >= 0.3 is 0 Å². The summed E-state index contributed by atoms with van der Waals surface area (Å²) >= 11 is 0. The van der Waals surface area contributed by atoms with Crippen LogP contribution in [0.5, 0.6) is 0 Å². The molecule has 1 rings (SSSR count). The molecule has 0 aromatic carbocycles. The van der Waals surface area contributed by atoms with Crippen molar-refractivity contribution in [3.05, 3.63) is 12.7 Å². The SMILES string of the molecule is C=CCC(C)(N)C1CCCO1. The highest BCUT2D eigenvalue weighted by molar-refractivity contribution is 4.95. The van der Waals surface area contributed by atoms with E-state index in [9.17, 15) is 0 Å². The molecular formula is C9H17NO. The van der Waals surface area contributed by atoms with E-state index in [2.05, 4.69) is 6.58 Å². The normalized spacial score (nSPS) is 29.8. The predicted molar refractivity (Wildman–Crippen MR) is 46.4 cm³/mol. The maximum absolute atomic E-state index is 6.04. The number of rotatable bonds is 3. The Hall–Kier alpha value is -0.340. The molecule has 1 aliphatic heterocycles.